The molecule has 8 heteroatoms. The third-order valence-corrected chi connectivity index (χ3v) is 2.86. The Bertz CT molecular complexity index is 771. The number of nitro groups is 1. The summed E-state index contributed by atoms with van der Waals surface area (Å²) in [6.07, 6.45) is 0. The summed E-state index contributed by atoms with van der Waals surface area (Å²) in [4.78, 5) is 10.1. The molecule has 1 aromatic carbocycles. The van der Waals surface area contributed by atoms with E-state index >= 15 is 0 Å². The molecule has 0 spiro atoms. The van der Waals surface area contributed by atoms with Crippen LogP contribution in [0.4, 0.5) is 10.1 Å². The monoisotopic (exact) mass is 288 g/mol. The van der Waals surface area contributed by atoms with Crippen molar-refractivity contribution in [1.29, 1.82) is 5.26 Å². The molecule has 0 saturated carbocycles. The summed E-state index contributed by atoms with van der Waals surface area (Å²) in [5.41, 5.74) is 0.680. The summed E-state index contributed by atoms with van der Waals surface area (Å²) in [5, 5.41) is 27.6. The molecule has 0 bridgehead atoms. The highest BCUT2D eigenvalue weighted by atomic mass is 19.1. The molecule has 0 aliphatic rings. The number of nitrogens with zero attached hydrogens (tertiary/aromatic N) is 4. The van der Waals surface area contributed by atoms with Crippen LogP contribution in [0.5, 0.6) is 11.6 Å². The van der Waals surface area contributed by atoms with E-state index in [1.54, 1.807) is 13.8 Å². The third-order valence-electron chi connectivity index (χ3n) is 2.86. The van der Waals surface area contributed by atoms with Crippen molar-refractivity contribution in [3.05, 3.63) is 51.0 Å². The van der Waals surface area contributed by atoms with E-state index < -0.39 is 16.4 Å². The molecule has 106 valence electrons. The molecule has 0 aliphatic carbocycles. The van der Waals surface area contributed by atoms with Gasteiger partial charge in [0.25, 0.3) is 5.88 Å². The molecule has 1 aromatic heterocycles. The average Bonchev–Trinajstić information content (AvgIpc) is 2.45. The third kappa shape index (κ3) is 2.76. The Labute approximate surface area is 118 Å². The number of hydrogen-bond acceptors (Lipinski definition) is 6. The molecule has 0 atom stereocenters. The number of rotatable bonds is 3. The van der Waals surface area contributed by atoms with Crippen LogP contribution in [0.2, 0.25) is 0 Å². The van der Waals surface area contributed by atoms with Crippen molar-refractivity contribution in [3.63, 3.8) is 0 Å². The number of halogens is 1. The van der Waals surface area contributed by atoms with Crippen molar-refractivity contribution >= 4 is 5.69 Å². The van der Waals surface area contributed by atoms with Gasteiger partial charge in [-0.05, 0) is 31.5 Å². The minimum atomic E-state index is -0.779. The highest BCUT2D eigenvalue weighted by molar-refractivity contribution is 5.51. The van der Waals surface area contributed by atoms with Crippen molar-refractivity contribution in [2.75, 3.05) is 0 Å². The second kappa shape index (κ2) is 5.50. The number of nitriles is 1. The Hall–Kier alpha value is -3.08. The van der Waals surface area contributed by atoms with Crippen molar-refractivity contribution < 1.29 is 14.1 Å². The Morgan fingerprint density at radius 1 is 1.38 bits per heavy atom. The van der Waals surface area contributed by atoms with Crippen molar-refractivity contribution in [2.45, 2.75) is 13.8 Å². The first-order valence-corrected chi connectivity index (χ1v) is 5.79. The van der Waals surface area contributed by atoms with Gasteiger partial charge in [-0.25, -0.2) is 4.39 Å². The van der Waals surface area contributed by atoms with E-state index in [4.69, 9.17) is 10.00 Å². The Morgan fingerprint density at radius 2 is 2.10 bits per heavy atom. The van der Waals surface area contributed by atoms with Gasteiger partial charge in [0.05, 0.1) is 16.7 Å². The zero-order chi connectivity index (χ0) is 15.6. The fraction of sp³-hybridized carbons (Fsp3) is 0.154. The SMILES string of the molecule is Cc1nnc(Oc2ccc(F)cc2[N+](=O)[O-])c(C#N)c1C. The van der Waals surface area contributed by atoms with E-state index in [1.165, 1.54) is 0 Å². The molecule has 7 nitrogen and oxygen atoms in total. The van der Waals surface area contributed by atoms with Crippen LogP contribution >= 0.6 is 0 Å². The maximum absolute atomic E-state index is 13.1. The number of aromatic nitrogens is 2. The van der Waals surface area contributed by atoms with E-state index in [0.717, 1.165) is 18.2 Å². The van der Waals surface area contributed by atoms with Gasteiger partial charge in [-0.1, -0.05) is 0 Å². The number of hydrogen-bond donors (Lipinski definition) is 0. The van der Waals surface area contributed by atoms with Gasteiger partial charge in [0, 0.05) is 0 Å². The van der Waals surface area contributed by atoms with Crippen molar-refractivity contribution in [2.24, 2.45) is 0 Å². The lowest BCUT2D eigenvalue weighted by atomic mass is 10.1. The topological polar surface area (TPSA) is 102 Å². The van der Waals surface area contributed by atoms with Crippen LogP contribution in [0.25, 0.3) is 0 Å². The van der Waals surface area contributed by atoms with Gasteiger partial charge in [-0.15, -0.1) is 5.10 Å². The van der Waals surface area contributed by atoms with Crippen LogP contribution in [-0.2, 0) is 0 Å². The summed E-state index contributed by atoms with van der Waals surface area (Å²) >= 11 is 0. The number of aryl methyl sites for hydroxylation is 1. The van der Waals surface area contributed by atoms with Crippen LogP contribution in [-0.4, -0.2) is 15.1 Å². The summed E-state index contributed by atoms with van der Waals surface area (Å²) in [5.74, 6) is -1.13. The Kier molecular flexibility index (Phi) is 3.75. The van der Waals surface area contributed by atoms with Gasteiger partial charge in [0.1, 0.15) is 17.4 Å². The van der Waals surface area contributed by atoms with E-state index in [0.29, 0.717) is 11.3 Å². The van der Waals surface area contributed by atoms with Crippen LogP contribution in [0.15, 0.2) is 18.2 Å². The Morgan fingerprint density at radius 3 is 2.71 bits per heavy atom. The van der Waals surface area contributed by atoms with E-state index in [1.807, 2.05) is 6.07 Å². The molecular formula is C13H9FN4O3. The molecule has 0 aliphatic heterocycles. The van der Waals surface area contributed by atoms with Gasteiger partial charge < -0.3 is 4.74 Å². The lowest BCUT2D eigenvalue weighted by Crippen LogP contribution is -2.02. The first kappa shape index (κ1) is 14.3. The number of ether oxygens (including phenoxy) is 1. The molecule has 0 amide bonds. The Balaban J connectivity index is 2.52. The van der Waals surface area contributed by atoms with Gasteiger partial charge in [0.2, 0.25) is 5.75 Å². The smallest absolute Gasteiger partial charge is 0.314 e. The highest BCUT2D eigenvalue weighted by Crippen LogP contribution is 2.32. The summed E-state index contributed by atoms with van der Waals surface area (Å²) in [6, 6.07) is 4.76. The number of nitro benzene ring substituents is 1. The predicted octanol–water partition coefficient (Wildman–Crippen LogP) is 2.80. The van der Waals surface area contributed by atoms with Crippen molar-refractivity contribution in [1.82, 2.24) is 10.2 Å². The van der Waals surface area contributed by atoms with E-state index in [2.05, 4.69) is 10.2 Å². The predicted molar refractivity (Wildman–Crippen MR) is 69.3 cm³/mol. The van der Waals surface area contributed by atoms with Gasteiger partial charge in [0.15, 0.2) is 0 Å². The van der Waals surface area contributed by atoms with Gasteiger partial charge in [-0.2, -0.15) is 10.4 Å². The zero-order valence-electron chi connectivity index (χ0n) is 11.1. The molecule has 2 rings (SSSR count). The van der Waals surface area contributed by atoms with Crippen LogP contribution in [0, 0.1) is 41.1 Å². The summed E-state index contributed by atoms with van der Waals surface area (Å²) in [6.45, 7) is 3.34. The maximum Gasteiger partial charge on any atom is 0.314 e. The maximum atomic E-state index is 13.1. The average molecular weight is 288 g/mol. The fourth-order valence-corrected chi connectivity index (χ4v) is 1.61. The van der Waals surface area contributed by atoms with E-state index in [-0.39, 0.29) is 17.2 Å². The first-order chi connectivity index (χ1) is 9.93. The molecule has 0 saturated heterocycles. The minimum absolute atomic E-state index is 0.126. The lowest BCUT2D eigenvalue weighted by molar-refractivity contribution is -0.385. The lowest BCUT2D eigenvalue weighted by Gasteiger charge is -2.08. The standard InChI is InChI=1S/C13H9FN4O3/c1-7-8(2)16-17-13(10(7)6-15)21-12-4-3-9(14)5-11(12)18(19)20/h3-5H,1-2H3. The molecule has 0 fully saturated rings. The summed E-state index contributed by atoms with van der Waals surface area (Å²) < 4.78 is 18.3. The second-order valence-electron chi connectivity index (χ2n) is 4.17. The normalized spacial score (nSPS) is 10.0. The van der Waals surface area contributed by atoms with Gasteiger partial charge in [-0.3, -0.25) is 10.1 Å². The largest absolute Gasteiger partial charge is 0.429 e. The van der Waals surface area contributed by atoms with Crippen LogP contribution in [0.1, 0.15) is 16.8 Å². The first-order valence-electron chi connectivity index (χ1n) is 5.79. The van der Waals surface area contributed by atoms with E-state index in [9.17, 15) is 14.5 Å². The number of benzene rings is 1. The highest BCUT2D eigenvalue weighted by Gasteiger charge is 2.20. The second-order valence-corrected chi connectivity index (χ2v) is 4.17. The van der Waals surface area contributed by atoms with Crippen LogP contribution in [0.3, 0.4) is 0 Å². The summed E-state index contributed by atoms with van der Waals surface area (Å²) in [7, 11) is 0. The molecule has 0 N–H and O–H groups in total. The van der Waals surface area contributed by atoms with Crippen molar-refractivity contribution in [3.8, 4) is 17.7 Å². The molecular weight excluding hydrogens is 279 g/mol. The van der Waals surface area contributed by atoms with Gasteiger partial charge >= 0.3 is 5.69 Å². The zero-order valence-corrected chi connectivity index (χ0v) is 11.1. The quantitative estimate of drug-likeness (QED) is 0.635. The van der Waals surface area contributed by atoms with Crippen LogP contribution < -0.4 is 4.74 Å². The molecule has 1 heterocycles. The fourth-order valence-electron chi connectivity index (χ4n) is 1.61. The molecule has 21 heavy (non-hydrogen) atoms. The molecule has 0 unspecified atom stereocenters. The molecule has 0 radical (unpaired) electrons. The molecule has 2 aromatic rings. The minimum Gasteiger partial charge on any atom is -0.429 e.